The molecule has 1 amide bonds. The van der Waals surface area contributed by atoms with E-state index in [1.54, 1.807) is 38.3 Å². The van der Waals surface area contributed by atoms with Crippen LogP contribution in [0.3, 0.4) is 0 Å². The molecule has 156 valence electrons. The second kappa shape index (κ2) is 7.91. The molecule has 0 bridgehead atoms. The molecule has 0 saturated heterocycles. The first-order valence-corrected chi connectivity index (χ1v) is 9.79. The molecule has 0 fully saturated rings. The van der Waals surface area contributed by atoms with Crippen molar-refractivity contribution in [1.29, 1.82) is 0 Å². The summed E-state index contributed by atoms with van der Waals surface area (Å²) < 4.78 is 18.2. The van der Waals surface area contributed by atoms with Gasteiger partial charge in [0.25, 0.3) is 0 Å². The standard InChI is InChI=1S/C22H22ClN3O4/c1-12-16(23)6-5-7-17(12)26-22-15(11-24-26)13(9-21(27)25-22)14-8-19(29-3)20(30-4)10-18(14)28-2/h5-8,10-11,13H,9H2,1-4H3,(H,25,27)/t13-/m0/s1. The van der Waals surface area contributed by atoms with Crippen LogP contribution in [0.1, 0.15) is 29.0 Å². The Bertz CT molecular complexity index is 1130. The van der Waals surface area contributed by atoms with Crippen molar-refractivity contribution in [2.24, 2.45) is 0 Å². The number of hydrogen-bond acceptors (Lipinski definition) is 5. The number of nitrogens with one attached hydrogen (secondary N) is 1. The van der Waals surface area contributed by atoms with Gasteiger partial charge in [-0.25, -0.2) is 4.68 Å². The fourth-order valence-electron chi connectivity index (χ4n) is 3.83. The number of aromatic nitrogens is 2. The number of carbonyl (C=O) groups excluding carboxylic acids is 1. The fraction of sp³-hybridized carbons (Fsp3) is 0.273. The third kappa shape index (κ3) is 3.25. The largest absolute Gasteiger partial charge is 0.496 e. The number of halogens is 1. The van der Waals surface area contributed by atoms with Crippen LogP contribution in [0.25, 0.3) is 5.69 Å². The van der Waals surface area contributed by atoms with Gasteiger partial charge in [0, 0.05) is 34.6 Å². The maximum atomic E-state index is 12.6. The molecule has 2 heterocycles. The molecular formula is C22H22ClN3O4. The van der Waals surface area contributed by atoms with Crippen LogP contribution in [0.4, 0.5) is 5.82 Å². The molecule has 1 aromatic heterocycles. The van der Waals surface area contributed by atoms with Crippen molar-refractivity contribution in [3.63, 3.8) is 0 Å². The van der Waals surface area contributed by atoms with Gasteiger partial charge in [0.05, 0.1) is 33.2 Å². The number of nitrogens with zero attached hydrogens (tertiary/aromatic N) is 2. The molecule has 1 atom stereocenters. The summed E-state index contributed by atoms with van der Waals surface area (Å²) in [5, 5.41) is 8.16. The predicted molar refractivity (Wildman–Crippen MR) is 114 cm³/mol. The zero-order valence-electron chi connectivity index (χ0n) is 17.2. The van der Waals surface area contributed by atoms with Crippen molar-refractivity contribution in [2.45, 2.75) is 19.3 Å². The molecule has 0 saturated carbocycles. The van der Waals surface area contributed by atoms with Crippen LogP contribution < -0.4 is 19.5 Å². The van der Waals surface area contributed by atoms with Crippen molar-refractivity contribution in [3.8, 4) is 22.9 Å². The molecule has 0 unspecified atom stereocenters. The summed E-state index contributed by atoms with van der Waals surface area (Å²) in [5.41, 5.74) is 3.40. The molecule has 1 N–H and O–H groups in total. The second-order valence-electron chi connectivity index (χ2n) is 7.00. The van der Waals surface area contributed by atoms with Gasteiger partial charge in [-0.05, 0) is 30.7 Å². The van der Waals surface area contributed by atoms with E-state index in [9.17, 15) is 4.79 Å². The quantitative estimate of drug-likeness (QED) is 0.655. The van der Waals surface area contributed by atoms with Crippen molar-refractivity contribution in [3.05, 3.63) is 58.2 Å². The average Bonchev–Trinajstić information content (AvgIpc) is 3.17. The van der Waals surface area contributed by atoms with Gasteiger partial charge < -0.3 is 19.5 Å². The van der Waals surface area contributed by atoms with E-state index in [4.69, 9.17) is 25.8 Å². The van der Waals surface area contributed by atoms with Gasteiger partial charge in [0.15, 0.2) is 11.5 Å². The van der Waals surface area contributed by atoms with Crippen LogP contribution >= 0.6 is 11.6 Å². The number of anilines is 1. The summed E-state index contributed by atoms with van der Waals surface area (Å²) in [6, 6.07) is 9.23. The van der Waals surface area contributed by atoms with Gasteiger partial charge in [0.1, 0.15) is 11.6 Å². The van der Waals surface area contributed by atoms with E-state index >= 15 is 0 Å². The Hall–Kier alpha value is -3.19. The number of benzene rings is 2. The highest BCUT2D eigenvalue weighted by Gasteiger charge is 2.33. The van der Waals surface area contributed by atoms with Crippen LogP contribution in [0.5, 0.6) is 17.2 Å². The zero-order chi connectivity index (χ0) is 21.4. The van der Waals surface area contributed by atoms with Crippen molar-refractivity contribution in [2.75, 3.05) is 26.6 Å². The van der Waals surface area contributed by atoms with Gasteiger partial charge in [-0.15, -0.1) is 0 Å². The molecule has 4 rings (SSSR count). The summed E-state index contributed by atoms with van der Waals surface area (Å²) in [7, 11) is 4.74. The topological polar surface area (TPSA) is 74.6 Å². The molecule has 3 aromatic rings. The maximum Gasteiger partial charge on any atom is 0.226 e. The SMILES string of the molecule is COc1cc(OC)c([C@@H]2CC(=O)Nc3c2cnn3-c2cccc(Cl)c2C)cc1OC. The number of ether oxygens (including phenoxy) is 3. The summed E-state index contributed by atoms with van der Waals surface area (Å²) in [6.07, 6.45) is 2.04. The van der Waals surface area contributed by atoms with Crippen LogP contribution in [-0.4, -0.2) is 37.0 Å². The number of rotatable bonds is 5. The van der Waals surface area contributed by atoms with Gasteiger partial charge in [-0.2, -0.15) is 5.10 Å². The van der Waals surface area contributed by atoms with Gasteiger partial charge in [0.2, 0.25) is 5.91 Å². The molecule has 0 radical (unpaired) electrons. The molecule has 0 aliphatic carbocycles. The first-order valence-electron chi connectivity index (χ1n) is 9.41. The molecule has 30 heavy (non-hydrogen) atoms. The minimum absolute atomic E-state index is 0.106. The lowest BCUT2D eigenvalue weighted by molar-refractivity contribution is -0.116. The number of amides is 1. The van der Waals surface area contributed by atoms with E-state index in [0.717, 1.165) is 22.4 Å². The average molecular weight is 428 g/mol. The smallest absolute Gasteiger partial charge is 0.226 e. The Morgan fingerprint density at radius 3 is 2.47 bits per heavy atom. The number of hydrogen-bond donors (Lipinski definition) is 1. The van der Waals surface area contributed by atoms with Crippen LogP contribution in [0.15, 0.2) is 36.5 Å². The number of methoxy groups -OCH3 is 3. The lowest BCUT2D eigenvalue weighted by Gasteiger charge is -2.26. The van der Waals surface area contributed by atoms with Crippen LogP contribution in [0.2, 0.25) is 5.02 Å². The normalized spacial score (nSPS) is 15.4. The number of carbonyl (C=O) groups is 1. The first kappa shape index (κ1) is 20.1. The molecule has 2 aromatic carbocycles. The minimum Gasteiger partial charge on any atom is -0.496 e. The molecular weight excluding hydrogens is 406 g/mol. The van der Waals surface area contributed by atoms with Gasteiger partial charge in [-0.1, -0.05) is 17.7 Å². The molecule has 0 spiro atoms. The van der Waals surface area contributed by atoms with Crippen LogP contribution in [-0.2, 0) is 4.79 Å². The third-order valence-corrected chi connectivity index (χ3v) is 5.81. The Kier molecular flexibility index (Phi) is 5.30. The highest BCUT2D eigenvalue weighted by Crippen LogP contribution is 2.45. The summed E-state index contributed by atoms with van der Waals surface area (Å²) in [5.74, 6) is 2.01. The Morgan fingerprint density at radius 1 is 1.07 bits per heavy atom. The molecule has 8 heteroatoms. The first-order chi connectivity index (χ1) is 14.5. The van der Waals surface area contributed by atoms with Crippen molar-refractivity contribution >= 4 is 23.3 Å². The predicted octanol–water partition coefficient (Wildman–Crippen LogP) is 4.33. The molecule has 1 aliphatic rings. The van der Waals surface area contributed by atoms with E-state index in [1.807, 2.05) is 31.2 Å². The molecule has 7 nitrogen and oxygen atoms in total. The lowest BCUT2D eigenvalue weighted by atomic mass is 9.86. The Morgan fingerprint density at radius 2 is 1.77 bits per heavy atom. The van der Waals surface area contributed by atoms with E-state index in [2.05, 4.69) is 10.4 Å². The van der Waals surface area contributed by atoms with E-state index in [1.165, 1.54) is 0 Å². The van der Waals surface area contributed by atoms with Crippen molar-refractivity contribution < 1.29 is 19.0 Å². The van der Waals surface area contributed by atoms with Crippen LogP contribution in [0, 0.1) is 6.92 Å². The van der Waals surface area contributed by atoms with E-state index < -0.39 is 0 Å². The Labute approximate surface area is 179 Å². The highest BCUT2D eigenvalue weighted by molar-refractivity contribution is 6.31. The molecule has 1 aliphatic heterocycles. The van der Waals surface area contributed by atoms with E-state index in [-0.39, 0.29) is 18.2 Å². The highest BCUT2D eigenvalue weighted by atomic mass is 35.5. The lowest BCUT2D eigenvalue weighted by Crippen LogP contribution is -2.25. The summed E-state index contributed by atoms with van der Waals surface area (Å²) >= 11 is 6.30. The summed E-state index contributed by atoms with van der Waals surface area (Å²) in [4.78, 5) is 12.6. The van der Waals surface area contributed by atoms with Gasteiger partial charge >= 0.3 is 0 Å². The van der Waals surface area contributed by atoms with Gasteiger partial charge in [-0.3, -0.25) is 4.79 Å². The monoisotopic (exact) mass is 427 g/mol. The summed E-state index contributed by atoms with van der Waals surface area (Å²) in [6.45, 7) is 1.92. The van der Waals surface area contributed by atoms with Crippen molar-refractivity contribution in [1.82, 2.24) is 9.78 Å². The maximum absolute atomic E-state index is 12.6. The third-order valence-electron chi connectivity index (χ3n) is 5.40. The zero-order valence-corrected chi connectivity index (χ0v) is 17.9. The second-order valence-corrected chi connectivity index (χ2v) is 7.41. The number of fused-ring (bicyclic) bond motifs is 1. The van der Waals surface area contributed by atoms with E-state index in [0.29, 0.717) is 28.1 Å². The minimum atomic E-state index is -0.253. The Balaban J connectivity index is 1.88. The fourth-order valence-corrected chi connectivity index (χ4v) is 4.00.